The minimum Gasteiger partial charge on any atom is -0.457 e. The first-order valence-electron chi connectivity index (χ1n) is 11.3. The van der Waals surface area contributed by atoms with Gasteiger partial charge in [0, 0.05) is 10.9 Å². The smallest absolute Gasteiger partial charge is 0.416 e. The number of hydrogen-bond acceptors (Lipinski definition) is 3. The fourth-order valence-corrected chi connectivity index (χ4v) is 4.02. The lowest BCUT2D eigenvalue weighted by Gasteiger charge is -2.12. The van der Waals surface area contributed by atoms with E-state index in [4.69, 9.17) is 9.72 Å². The molecule has 0 N–H and O–H groups in total. The number of rotatable bonds is 5. The van der Waals surface area contributed by atoms with Crippen molar-refractivity contribution >= 4 is 16.9 Å². The molecule has 0 atom stereocenters. The first-order valence-corrected chi connectivity index (χ1v) is 11.3. The lowest BCUT2D eigenvalue weighted by molar-refractivity contribution is -0.137. The number of pyridine rings is 1. The third-order valence-electron chi connectivity index (χ3n) is 5.85. The van der Waals surface area contributed by atoms with Gasteiger partial charge in [-0.2, -0.15) is 13.2 Å². The molecule has 0 amide bonds. The van der Waals surface area contributed by atoms with Crippen molar-refractivity contribution in [2.75, 3.05) is 0 Å². The zero-order valence-electron chi connectivity index (χ0n) is 19.0. The fraction of sp³-hybridized carbons (Fsp3) is 0.0667. The SMILES string of the molecule is O=C(OCc1cccc(C(F)(F)F)c1)c1cc(-c2ccc(-c3ccccc3)cc2)nc2ccccc12. The second-order valence-corrected chi connectivity index (χ2v) is 8.29. The Hall–Kier alpha value is -4.45. The van der Waals surface area contributed by atoms with Crippen molar-refractivity contribution in [3.8, 4) is 22.4 Å². The monoisotopic (exact) mass is 483 g/mol. The Morgan fingerprint density at radius 2 is 1.39 bits per heavy atom. The Balaban J connectivity index is 1.44. The van der Waals surface area contributed by atoms with Crippen LogP contribution in [0.5, 0.6) is 0 Å². The molecule has 5 rings (SSSR count). The number of carbonyl (C=O) groups is 1. The maximum Gasteiger partial charge on any atom is 0.416 e. The fourth-order valence-electron chi connectivity index (χ4n) is 4.02. The summed E-state index contributed by atoms with van der Waals surface area (Å²) < 4.78 is 44.5. The van der Waals surface area contributed by atoms with Crippen LogP contribution in [0.25, 0.3) is 33.3 Å². The molecule has 0 aliphatic heterocycles. The molecule has 3 nitrogen and oxygen atoms in total. The molecule has 0 aliphatic rings. The Morgan fingerprint density at radius 3 is 2.14 bits per heavy atom. The number of nitrogens with zero attached hydrogens (tertiary/aromatic N) is 1. The quantitative estimate of drug-likeness (QED) is 0.238. The standard InChI is InChI=1S/C30H20F3NO2/c31-30(32,33)24-10-6-7-20(17-24)19-36-29(35)26-18-28(34-27-12-5-4-11-25(26)27)23-15-13-22(14-16-23)21-8-2-1-3-9-21/h1-18H,19H2. The summed E-state index contributed by atoms with van der Waals surface area (Å²) in [7, 11) is 0. The van der Waals surface area contributed by atoms with Gasteiger partial charge in [0.05, 0.1) is 22.3 Å². The van der Waals surface area contributed by atoms with Gasteiger partial charge < -0.3 is 4.74 Å². The third kappa shape index (κ3) is 4.98. The highest BCUT2D eigenvalue weighted by molar-refractivity contribution is 6.04. The minimum atomic E-state index is -4.47. The summed E-state index contributed by atoms with van der Waals surface area (Å²) in [5, 5.41) is 0.608. The summed E-state index contributed by atoms with van der Waals surface area (Å²) in [6.07, 6.45) is -4.47. The van der Waals surface area contributed by atoms with Crippen molar-refractivity contribution in [2.45, 2.75) is 12.8 Å². The number of esters is 1. The van der Waals surface area contributed by atoms with Gasteiger partial charge in [-0.15, -0.1) is 0 Å². The topological polar surface area (TPSA) is 39.2 Å². The van der Waals surface area contributed by atoms with E-state index in [0.717, 1.165) is 28.8 Å². The number of hydrogen-bond donors (Lipinski definition) is 0. The number of para-hydroxylation sites is 1. The normalized spacial score (nSPS) is 11.4. The van der Waals surface area contributed by atoms with E-state index < -0.39 is 17.7 Å². The third-order valence-corrected chi connectivity index (χ3v) is 5.85. The van der Waals surface area contributed by atoms with Crippen LogP contribution in [0.1, 0.15) is 21.5 Å². The maximum absolute atomic E-state index is 13.1. The molecule has 0 saturated carbocycles. The van der Waals surface area contributed by atoms with Crippen molar-refractivity contribution in [3.63, 3.8) is 0 Å². The second-order valence-electron chi connectivity index (χ2n) is 8.29. The van der Waals surface area contributed by atoms with Crippen molar-refractivity contribution < 1.29 is 22.7 Å². The van der Waals surface area contributed by atoms with Crippen LogP contribution in [-0.2, 0) is 17.5 Å². The first-order chi connectivity index (χ1) is 17.4. The number of halogens is 3. The molecule has 178 valence electrons. The maximum atomic E-state index is 13.1. The van der Waals surface area contributed by atoms with E-state index in [0.29, 0.717) is 22.2 Å². The van der Waals surface area contributed by atoms with Crippen molar-refractivity contribution in [1.82, 2.24) is 4.98 Å². The number of aromatic nitrogens is 1. The summed E-state index contributed by atoms with van der Waals surface area (Å²) in [5.74, 6) is -0.631. The van der Waals surface area contributed by atoms with Crippen LogP contribution in [0.3, 0.4) is 0 Å². The number of ether oxygens (including phenoxy) is 1. The predicted molar refractivity (Wildman–Crippen MR) is 133 cm³/mol. The van der Waals surface area contributed by atoms with Gasteiger partial charge in [-0.1, -0.05) is 84.9 Å². The molecule has 0 saturated heterocycles. The summed E-state index contributed by atoms with van der Waals surface area (Å²) in [5.41, 5.74) is 3.96. The summed E-state index contributed by atoms with van der Waals surface area (Å²) in [6, 6.07) is 31.5. The van der Waals surface area contributed by atoms with Crippen LogP contribution < -0.4 is 0 Å². The van der Waals surface area contributed by atoms with Crippen molar-refractivity contribution in [3.05, 3.63) is 126 Å². The van der Waals surface area contributed by atoms with E-state index in [1.54, 1.807) is 24.3 Å². The van der Waals surface area contributed by atoms with Crippen LogP contribution in [-0.4, -0.2) is 11.0 Å². The predicted octanol–water partition coefficient (Wildman–Crippen LogP) is 7.94. The molecule has 0 unspecified atom stereocenters. The van der Waals surface area contributed by atoms with E-state index in [1.165, 1.54) is 12.1 Å². The Morgan fingerprint density at radius 1 is 0.722 bits per heavy atom. The molecular formula is C30H20F3NO2. The Kier molecular flexibility index (Phi) is 6.25. The summed E-state index contributed by atoms with van der Waals surface area (Å²) >= 11 is 0. The molecule has 1 heterocycles. The van der Waals surface area contributed by atoms with Gasteiger partial charge in [0.25, 0.3) is 0 Å². The molecule has 0 radical (unpaired) electrons. The van der Waals surface area contributed by atoms with Crippen LogP contribution >= 0.6 is 0 Å². The molecule has 1 aromatic heterocycles. The van der Waals surface area contributed by atoms with Gasteiger partial charge in [-0.05, 0) is 41.0 Å². The van der Waals surface area contributed by atoms with Crippen LogP contribution in [0, 0.1) is 0 Å². The molecule has 0 fully saturated rings. The highest BCUT2D eigenvalue weighted by Gasteiger charge is 2.30. The van der Waals surface area contributed by atoms with E-state index in [2.05, 4.69) is 0 Å². The van der Waals surface area contributed by atoms with Crippen molar-refractivity contribution in [2.24, 2.45) is 0 Å². The van der Waals surface area contributed by atoms with E-state index in [-0.39, 0.29) is 12.2 Å². The summed E-state index contributed by atoms with van der Waals surface area (Å²) in [6.45, 7) is -0.277. The van der Waals surface area contributed by atoms with Gasteiger partial charge in [-0.25, -0.2) is 9.78 Å². The first kappa shape index (κ1) is 23.3. The molecule has 6 heteroatoms. The average Bonchev–Trinajstić information content (AvgIpc) is 2.91. The number of fused-ring (bicyclic) bond motifs is 1. The lowest BCUT2D eigenvalue weighted by Crippen LogP contribution is -2.09. The minimum absolute atomic E-state index is 0.258. The molecule has 0 aliphatic carbocycles. The van der Waals surface area contributed by atoms with Crippen LogP contribution in [0.4, 0.5) is 13.2 Å². The van der Waals surface area contributed by atoms with Crippen molar-refractivity contribution in [1.29, 1.82) is 0 Å². The summed E-state index contributed by atoms with van der Waals surface area (Å²) in [4.78, 5) is 17.8. The van der Waals surface area contributed by atoms with E-state index in [1.807, 2.05) is 60.7 Å². The van der Waals surface area contributed by atoms with Gasteiger partial charge in [0.15, 0.2) is 0 Å². The zero-order valence-corrected chi connectivity index (χ0v) is 19.0. The molecule has 4 aromatic carbocycles. The van der Waals surface area contributed by atoms with Gasteiger partial charge in [0.2, 0.25) is 0 Å². The highest BCUT2D eigenvalue weighted by Crippen LogP contribution is 2.30. The van der Waals surface area contributed by atoms with Gasteiger partial charge in [-0.3, -0.25) is 0 Å². The molecule has 0 spiro atoms. The second kappa shape index (κ2) is 9.66. The average molecular weight is 483 g/mol. The number of benzene rings is 4. The molecular weight excluding hydrogens is 463 g/mol. The molecule has 36 heavy (non-hydrogen) atoms. The largest absolute Gasteiger partial charge is 0.457 e. The van der Waals surface area contributed by atoms with Crippen LogP contribution in [0.2, 0.25) is 0 Å². The van der Waals surface area contributed by atoms with Gasteiger partial charge >= 0.3 is 12.1 Å². The lowest BCUT2D eigenvalue weighted by atomic mass is 10.0. The highest BCUT2D eigenvalue weighted by atomic mass is 19.4. The van der Waals surface area contributed by atoms with Crippen LogP contribution in [0.15, 0.2) is 109 Å². The number of carbonyl (C=O) groups excluding carboxylic acids is 1. The van der Waals surface area contributed by atoms with Gasteiger partial charge in [0.1, 0.15) is 6.61 Å². The Bertz CT molecular complexity index is 1530. The molecule has 0 bridgehead atoms. The number of alkyl halides is 3. The van der Waals surface area contributed by atoms with E-state index in [9.17, 15) is 18.0 Å². The zero-order chi connectivity index (χ0) is 25.1. The van der Waals surface area contributed by atoms with E-state index >= 15 is 0 Å². The molecule has 5 aromatic rings. The Labute approximate surface area is 205 Å².